The second kappa shape index (κ2) is 3.58. The van der Waals surface area contributed by atoms with Crippen molar-refractivity contribution >= 4 is 10.9 Å². The number of nitrogens with zero attached hydrogens (tertiary/aromatic N) is 2. The fourth-order valence-electron chi connectivity index (χ4n) is 2.35. The van der Waals surface area contributed by atoms with Crippen LogP contribution in [0.15, 0.2) is 18.2 Å². The van der Waals surface area contributed by atoms with Gasteiger partial charge < -0.3 is 0 Å². The maximum Gasteiger partial charge on any atom is 0.125 e. The third kappa shape index (κ3) is 1.34. The van der Waals surface area contributed by atoms with Crippen LogP contribution in [0.4, 0.5) is 4.39 Å². The topological polar surface area (TPSA) is 17.8 Å². The molecular weight excluding hydrogens is 203 g/mol. The van der Waals surface area contributed by atoms with E-state index in [9.17, 15) is 4.39 Å². The molecule has 1 saturated carbocycles. The number of hydrogen-bond acceptors (Lipinski definition) is 1. The Kier molecular flexibility index (Phi) is 2.20. The molecular formula is C13H15FN2. The first kappa shape index (κ1) is 9.82. The number of hydrogen-bond donors (Lipinski definition) is 0. The van der Waals surface area contributed by atoms with E-state index in [1.165, 1.54) is 25.3 Å². The first-order chi connectivity index (χ1) is 7.79. The summed E-state index contributed by atoms with van der Waals surface area (Å²) in [6.45, 7) is 2.09. The van der Waals surface area contributed by atoms with Crippen LogP contribution >= 0.6 is 0 Å². The van der Waals surface area contributed by atoms with E-state index >= 15 is 0 Å². The Hall–Kier alpha value is -1.38. The van der Waals surface area contributed by atoms with Crippen molar-refractivity contribution in [3.8, 4) is 0 Å². The summed E-state index contributed by atoms with van der Waals surface area (Å²) >= 11 is 0. The maximum absolute atomic E-state index is 13.3. The van der Waals surface area contributed by atoms with E-state index < -0.39 is 0 Å². The number of fused-ring (bicyclic) bond motifs is 1. The molecule has 0 amide bonds. The number of aromatic nitrogens is 2. The highest BCUT2D eigenvalue weighted by atomic mass is 19.1. The third-order valence-corrected chi connectivity index (χ3v) is 3.50. The molecule has 0 spiro atoms. The molecule has 3 heteroatoms. The van der Waals surface area contributed by atoms with Gasteiger partial charge in [-0.1, -0.05) is 6.92 Å². The molecule has 0 saturated heterocycles. The summed E-state index contributed by atoms with van der Waals surface area (Å²) in [5.41, 5.74) is 2.04. The minimum Gasteiger partial charge on any atom is -0.261 e. The molecule has 1 fully saturated rings. The predicted molar refractivity (Wildman–Crippen MR) is 62.0 cm³/mol. The lowest BCUT2D eigenvalue weighted by molar-refractivity contribution is 0.296. The van der Waals surface area contributed by atoms with Gasteiger partial charge in [0.15, 0.2) is 0 Å². The Morgan fingerprint density at radius 3 is 2.88 bits per heavy atom. The molecule has 1 heterocycles. The van der Waals surface area contributed by atoms with Gasteiger partial charge in [0.1, 0.15) is 5.82 Å². The van der Waals surface area contributed by atoms with Crippen molar-refractivity contribution in [3.63, 3.8) is 0 Å². The van der Waals surface area contributed by atoms with Crippen molar-refractivity contribution in [2.24, 2.45) is 0 Å². The van der Waals surface area contributed by atoms with Gasteiger partial charge in [0, 0.05) is 5.39 Å². The van der Waals surface area contributed by atoms with E-state index in [-0.39, 0.29) is 5.82 Å². The second-order valence-electron chi connectivity index (χ2n) is 4.49. The quantitative estimate of drug-likeness (QED) is 0.754. The van der Waals surface area contributed by atoms with Gasteiger partial charge in [0.25, 0.3) is 0 Å². The Morgan fingerprint density at radius 1 is 1.44 bits per heavy atom. The van der Waals surface area contributed by atoms with Gasteiger partial charge >= 0.3 is 0 Å². The van der Waals surface area contributed by atoms with Crippen LogP contribution in [0.3, 0.4) is 0 Å². The SMILES string of the molecule is CCc1nn(C2CCC2)c2cc(F)ccc12. The third-order valence-electron chi connectivity index (χ3n) is 3.50. The maximum atomic E-state index is 13.3. The van der Waals surface area contributed by atoms with Crippen LogP contribution in [0.1, 0.15) is 37.9 Å². The summed E-state index contributed by atoms with van der Waals surface area (Å²) in [5.74, 6) is -0.171. The van der Waals surface area contributed by atoms with E-state index in [0.717, 1.165) is 23.0 Å². The van der Waals surface area contributed by atoms with Crippen LogP contribution in [0.2, 0.25) is 0 Å². The highest BCUT2D eigenvalue weighted by Crippen LogP contribution is 2.34. The molecule has 16 heavy (non-hydrogen) atoms. The van der Waals surface area contributed by atoms with E-state index in [1.807, 2.05) is 10.7 Å². The molecule has 2 aromatic rings. The Labute approximate surface area is 94.1 Å². The van der Waals surface area contributed by atoms with Crippen molar-refractivity contribution in [2.75, 3.05) is 0 Å². The van der Waals surface area contributed by atoms with Crippen LogP contribution in [0, 0.1) is 5.82 Å². The standard InChI is InChI=1S/C13H15FN2/c1-2-12-11-7-6-9(14)8-13(11)16(15-12)10-4-3-5-10/h6-8,10H,2-5H2,1H3. The van der Waals surface area contributed by atoms with Gasteiger partial charge in [0.05, 0.1) is 17.3 Å². The van der Waals surface area contributed by atoms with Crippen molar-refractivity contribution in [1.82, 2.24) is 9.78 Å². The lowest BCUT2D eigenvalue weighted by Gasteiger charge is -2.26. The summed E-state index contributed by atoms with van der Waals surface area (Å²) in [6.07, 6.45) is 4.53. The van der Waals surface area contributed by atoms with Gasteiger partial charge in [-0.15, -0.1) is 0 Å². The fraction of sp³-hybridized carbons (Fsp3) is 0.462. The lowest BCUT2D eigenvalue weighted by atomic mass is 9.93. The van der Waals surface area contributed by atoms with Gasteiger partial charge in [-0.2, -0.15) is 5.10 Å². The average molecular weight is 218 g/mol. The molecule has 0 unspecified atom stereocenters. The summed E-state index contributed by atoms with van der Waals surface area (Å²) in [5, 5.41) is 5.73. The Bertz CT molecular complexity index is 526. The van der Waals surface area contributed by atoms with Gasteiger partial charge in [-0.3, -0.25) is 4.68 Å². The molecule has 0 radical (unpaired) electrons. The summed E-state index contributed by atoms with van der Waals surface area (Å²) < 4.78 is 15.3. The molecule has 0 N–H and O–H groups in total. The minimum atomic E-state index is -0.171. The number of aryl methyl sites for hydroxylation is 1. The lowest BCUT2D eigenvalue weighted by Crippen LogP contribution is -2.18. The predicted octanol–water partition coefficient (Wildman–Crippen LogP) is 3.46. The highest BCUT2D eigenvalue weighted by molar-refractivity contribution is 5.82. The van der Waals surface area contributed by atoms with E-state index in [4.69, 9.17) is 0 Å². The smallest absolute Gasteiger partial charge is 0.125 e. The van der Waals surface area contributed by atoms with Crippen molar-refractivity contribution in [1.29, 1.82) is 0 Å². The average Bonchev–Trinajstić information content (AvgIpc) is 2.54. The van der Waals surface area contributed by atoms with Gasteiger partial charge in [-0.05, 0) is 43.9 Å². The molecule has 0 bridgehead atoms. The van der Waals surface area contributed by atoms with E-state index in [2.05, 4.69) is 12.0 Å². The van der Waals surface area contributed by atoms with Crippen molar-refractivity contribution in [2.45, 2.75) is 38.6 Å². The molecule has 1 aromatic carbocycles. The van der Waals surface area contributed by atoms with Gasteiger partial charge in [0.2, 0.25) is 0 Å². The van der Waals surface area contributed by atoms with Crippen molar-refractivity contribution in [3.05, 3.63) is 29.7 Å². The van der Waals surface area contributed by atoms with Crippen LogP contribution < -0.4 is 0 Å². The van der Waals surface area contributed by atoms with Crippen LogP contribution in [0.5, 0.6) is 0 Å². The zero-order chi connectivity index (χ0) is 11.1. The molecule has 1 aliphatic rings. The van der Waals surface area contributed by atoms with Crippen molar-refractivity contribution < 1.29 is 4.39 Å². The molecule has 0 aliphatic heterocycles. The first-order valence-electron chi connectivity index (χ1n) is 5.96. The van der Waals surface area contributed by atoms with Gasteiger partial charge in [-0.25, -0.2) is 4.39 Å². The molecule has 0 atom stereocenters. The summed E-state index contributed by atoms with van der Waals surface area (Å²) in [6, 6.07) is 5.48. The Balaban J connectivity index is 2.22. The summed E-state index contributed by atoms with van der Waals surface area (Å²) in [7, 11) is 0. The largest absolute Gasteiger partial charge is 0.261 e. The Morgan fingerprint density at radius 2 is 2.25 bits per heavy atom. The highest BCUT2D eigenvalue weighted by Gasteiger charge is 2.23. The first-order valence-corrected chi connectivity index (χ1v) is 5.96. The minimum absolute atomic E-state index is 0.171. The number of halogens is 1. The molecule has 1 aromatic heterocycles. The van der Waals surface area contributed by atoms with Crippen LogP contribution in [-0.4, -0.2) is 9.78 Å². The molecule has 3 rings (SSSR count). The van der Waals surface area contributed by atoms with Crippen LogP contribution in [0.25, 0.3) is 10.9 Å². The fourth-order valence-corrected chi connectivity index (χ4v) is 2.35. The van der Waals surface area contributed by atoms with E-state index in [1.54, 1.807) is 6.07 Å². The molecule has 2 nitrogen and oxygen atoms in total. The normalized spacial score (nSPS) is 16.6. The second-order valence-corrected chi connectivity index (χ2v) is 4.49. The monoisotopic (exact) mass is 218 g/mol. The zero-order valence-electron chi connectivity index (χ0n) is 9.41. The summed E-state index contributed by atoms with van der Waals surface area (Å²) in [4.78, 5) is 0. The van der Waals surface area contributed by atoms with Crippen LogP contribution in [-0.2, 0) is 6.42 Å². The molecule has 84 valence electrons. The zero-order valence-corrected chi connectivity index (χ0v) is 9.41. The van der Waals surface area contributed by atoms with E-state index in [0.29, 0.717) is 6.04 Å². The number of rotatable bonds is 2. The molecule has 1 aliphatic carbocycles. The number of benzene rings is 1.